The van der Waals surface area contributed by atoms with Crippen molar-refractivity contribution in [3.8, 4) is 0 Å². The number of ether oxygens (including phenoxy) is 1. The Kier molecular flexibility index (Phi) is 4.16. The third-order valence-corrected chi connectivity index (χ3v) is 3.76. The first-order valence-corrected chi connectivity index (χ1v) is 7.37. The molecule has 1 saturated heterocycles. The molecule has 20 heavy (non-hydrogen) atoms. The topological polar surface area (TPSA) is 54.5 Å². The summed E-state index contributed by atoms with van der Waals surface area (Å²) in [4.78, 5) is 18.2. The molecule has 0 spiro atoms. The monoisotopic (exact) mass is 275 g/mol. The van der Waals surface area contributed by atoms with Crippen LogP contribution in [0.15, 0.2) is 24.5 Å². The Labute approximate surface area is 119 Å². The van der Waals surface area contributed by atoms with Gasteiger partial charge in [-0.1, -0.05) is 0 Å². The van der Waals surface area contributed by atoms with Gasteiger partial charge in [-0.05, 0) is 43.4 Å². The van der Waals surface area contributed by atoms with Crippen LogP contribution in [-0.4, -0.2) is 41.2 Å². The molecule has 108 valence electrons. The largest absolute Gasteiger partial charge is 0.376 e. The van der Waals surface area contributed by atoms with E-state index in [9.17, 15) is 4.79 Å². The Bertz CT molecular complexity index is 442. The predicted octanol–water partition coefficient (Wildman–Crippen LogP) is 1.93. The minimum atomic E-state index is 0.0276. The number of amides is 2. The number of nitrogens with zero attached hydrogens (tertiary/aromatic N) is 2. The number of hydrogen-bond donors (Lipinski definition) is 1. The summed E-state index contributed by atoms with van der Waals surface area (Å²) >= 11 is 0. The van der Waals surface area contributed by atoms with Gasteiger partial charge < -0.3 is 15.0 Å². The summed E-state index contributed by atoms with van der Waals surface area (Å²) in [7, 11) is 0. The van der Waals surface area contributed by atoms with Crippen molar-refractivity contribution in [2.45, 2.75) is 44.4 Å². The predicted molar refractivity (Wildman–Crippen MR) is 75.2 cm³/mol. The van der Waals surface area contributed by atoms with Gasteiger partial charge >= 0.3 is 6.03 Å². The van der Waals surface area contributed by atoms with Gasteiger partial charge in [0.25, 0.3) is 0 Å². The third-order valence-electron chi connectivity index (χ3n) is 3.76. The summed E-state index contributed by atoms with van der Waals surface area (Å²) in [6.07, 6.45) is 8.06. The van der Waals surface area contributed by atoms with Crippen molar-refractivity contribution in [2.24, 2.45) is 0 Å². The van der Waals surface area contributed by atoms with Gasteiger partial charge in [-0.2, -0.15) is 0 Å². The van der Waals surface area contributed by atoms with E-state index >= 15 is 0 Å². The van der Waals surface area contributed by atoms with Gasteiger partial charge in [0.15, 0.2) is 0 Å². The van der Waals surface area contributed by atoms with Gasteiger partial charge in [-0.3, -0.25) is 4.98 Å². The smallest absolute Gasteiger partial charge is 0.318 e. The zero-order valence-corrected chi connectivity index (χ0v) is 11.6. The number of nitrogens with one attached hydrogen (secondary N) is 1. The lowest BCUT2D eigenvalue weighted by molar-refractivity contribution is 0.0794. The fourth-order valence-corrected chi connectivity index (χ4v) is 2.46. The van der Waals surface area contributed by atoms with Crippen molar-refractivity contribution in [3.63, 3.8) is 0 Å². The van der Waals surface area contributed by atoms with Crippen LogP contribution >= 0.6 is 0 Å². The van der Waals surface area contributed by atoms with Crippen LogP contribution in [0.1, 0.15) is 31.2 Å². The Morgan fingerprint density at radius 1 is 1.35 bits per heavy atom. The molecule has 0 bridgehead atoms. The normalized spacial score (nSPS) is 21.7. The molecule has 1 atom stereocenters. The number of carbonyl (C=O) groups is 1. The van der Waals surface area contributed by atoms with Gasteiger partial charge in [0, 0.05) is 38.1 Å². The van der Waals surface area contributed by atoms with E-state index in [1.807, 2.05) is 17.0 Å². The Balaban J connectivity index is 1.63. The maximum atomic E-state index is 12.3. The first kappa shape index (κ1) is 13.4. The maximum absolute atomic E-state index is 12.3. The molecule has 1 aromatic heterocycles. The summed E-state index contributed by atoms with van der Waals surface area (Å²) in [5.41, 5.74) is 1.10. The molecule has 2 fully saturated rings. The van der Waals surface area contributed by atoms with Crippen molar-refractivity contribution < 1.29 is 9.53 Å². The number of pyridine rings is 1. The van der Waals surface area contributed by atoms with Gasteiger partial charge in [0.1, 0.15) is 0 Å². The summed E-state index contributed by atoms with van der Waals surface area (Å²) in [5.74, 6) is 0. The van der Waals surface area contributed by atoms with E-state index in [2.05, 4.69) is 10.3 Å². The molecule has 2 heterocycles. The molecule has 2 amide bonds. The van der Waals surface area contributed by atoms with Crippen LogP contribution in [0.3, 0.4) is 0 Å². The molecule has 1 unspecified atom stereocenters. The van der Waals surface area contributed by atoms with Gasteiger partial charge in [0.2, 0.25) is 0 Å². The molecule has 1 saturated carbocycles. The molecule has 5 nitrogen and oxygen atoms in total. The van der Waals surface area contributed by atoms with E-state index in [4.69, 9.17) is 4.74 Å². The second kappa shape index (κ2) is 6.22. The van der Waals surface area contributed by atoms with E-state index in [1.54, 1.807) is 12.4 Å². The first-order valence-electron chi connectivity index (χ1n) is 7.37. The number of carbonyl (C=O) groups excluding carboxylic acids is 1. The number of hydrogen-bond acceptors (Lipinski definition) is 3. The van der Waals surface area contributed by atoms with E-state index < -0.39 is 0 Å². The van der Waals surface area contributed by atoms with Gasteiger partial charge in [-0.15, -0.1) is 0 Å². The fraction of sp³-hybridized carbons (Fsp3) is 0.600. The summed E-state index contributed by atoms with van der Waals surface area (Å²) in [6.45, 7) is 2.10. The van der Waals surface area contributed by atoms with E-state index in [0.717, 1.165) is 37.9 Å². The highest BCUT2D eigenvalue weighted by molar-refractivity contribution is 5.75. The standard InChI is InChI=1S/C15H21N3O2/c19-15(17-13-3-4-13)18(11-14-2-1-9-20-14)10-12-5-7-16-8-6-12/h5-8,13-14H,1-4,9-11H2,(H,17,19). The van der Waals surface area contributed by atoms with Crippen molar-refractivity contribution in [2.75, 3.05) is 13.2 Å². The number of urea groups is 1. The molecule has 0 radical (unpaired) electrons. The molecule has 0 aromatic carbocycles. The van der Waals surface area contributed by atoms with Crippen LogP contribution < -0.4 is 5.32 Å². The second-order valence-corrected chi connectivity index (χ2v) is 5.59. The molecule has 1 aliphatic heterocycles. The second-order valence-electron chi connectivity index (χ2n) is 5.59. The minimum Gasteiger partial charge on any atom is -0.376 e. The highest BCUT2D eigenvalue weighted by Crippen LogP contribution is 2.20. The Morgan fingerprint density at radius 2 is 2.15 bits per heavy atom. The number of rotatable bonds is 5. The summed E-state index contributed by atoms with van der Waals surface area (Å²) < 4.78 is 5.66. The Hall–Kier alpha value is -1.62. The minimum absolute atomic E-state index is 0.0276. The first-order chi connectivity index (χ1) is 9.81. The van der Waals surface area contributed by atoms with Crippen LogP contribution in [0.2, 0.25) is 0 Å². The highest BCUT2D eigenvalue weighted by Gasteiger charge is 2.28. The molecule has 1 aromatic rings. The molecular weight excluding hydrogens is 254 g/mol. The third kappa shape index (κ3) is 3.70. The van der Waals surface area contributed by atoms with Crippen LogP contribution in [0.4, 0.5) is 4.79 Å². The zero-order valence-electron chi connectivity index (χ0n) is 11.6. The van der Waals surface area contributed by atoms with Crippen molar-refractivity contribution in [3.05, 3.63) is 30.1 Å². The highest BCUT2D eigenvalue weighted by atomic mass is 16.5. The lowest BCUT2D eigenvalue weighted by atomic mass is 10.2. The molecule has 3 rings (SSSR count). The van der Waals surface area contributed by atoms with Crippen LogP contribution in [0.5, 0.6) is 0 Å². The summed E-state index contributed by atoms with van der Waals surface area (Å²) in [5, 5.41) is 3.06. The zero-order chi connectivity index (χ0) is 13.8. The van der Waals surface area contributed by atoms with E-state index in [-0.39, 0.29) is 12.1 Å². The fourth-order valence-electron chi connectivity index (χ4n) is 2.46. The van der Waals surface area contributed by atoms with Crippen LogP contribution in [-0.2, 0) is 11.3 Å². The van der Waals surface area contributed by atoms with E-state index in [0.29, 0.717) is 19.1 Å². The molecule has 1 aliphatic carbocycles. The molecular formula is C15H21N3O2. The number of aromatic nitrogens is 1. The summed E-state index contributed by atoms with van der Waals surface area (Å²) in [6, 6.07) is 4.31. The quantitative estimate of drug-likeness (QED) is 0.893. The van der Waals surface area contributed by atoms with E-state index in [1.165, 1.54) is 0 Å². The van der Waals surface area contributed by atoms with Crippen molar-refractivity contribution >= 4 is 6.03 Å². The van der Waals surface area contributed by atoms with Crippen molar-refractivity contribution in [1.29, 1.82) is 0 Å². The average molecular weight is 275 g/mol. The maximum Gasteiger partial charge on any atom is 0.318 e. The van der Waals surface area contributed by atoms with Crippen LogP contribution in [0.25, 0.3) is 0 Å². The Morgan fingerprint density at radius 3 is 2.80 bits per heavy atom. The SMILES string of the molecule is O=C(NC1CC1)N(Cc1ccncc1)CC1CCCO1. The molecule has 2 aliphatic rings. The average Bonchev–Trinajstić information content (AvgIpc) is 3.13. The molecule has 5 heteroatoms. The van der Waals surface area contributed by atoms with Crippen molar-refractivity contribution in [1.82, 2.24) is 15.2 Å². The lowest BCUT2D eigenvalue weighted by Crippen LogP contribution is -2.44. The lowest BCUT2D eigenvalue weighted by Gasteiger charge is -2.25. The van der Waals surface area contributed by atoms with Crippen LogP contribution in [0, 0.1) is 0 Å². The van der Waals surface area contributed by atoms with Gasteiger partial charge in [0.05, 0.1) is 6.10 Å². The molecule has 1 N–H and O–H groups in total. The van der Waals surface area contributed by atoms with Gasteiger partial charge in [-0.25, -0.2) is 4.79 Å².